The fraction of sp³-hybridized carbons (Fsp3) is 0.294. The molecule has 0 saturated carbocycles. The highest BCUT2D eigenvalue weighted by atomic mass is 16.7. The molecule has 23 heavy (non-hydrogen) atoms. The fourth-order valence-corrected chi connectivity index (χ4v) is 2.26. The maximum absolute atomic E-state index is 9.92. The quantitative estimate of drug-likeness (QED) is 0.720. The summed E-state index contributed by atoms with van der Waals surface area (Å²) >= 11 is 0. The second-order valence-electron chi connectivity index (χ2n) is 5.28. The normalized spacial score (nSPS) is 13.8. The summed E-state index contributed by atoms with van der Waals surface area (Å²) in [7, 11) is 0. The summed E-state index contributed by atoms with van der Waals surface area (Å²) in [4.78, 5) is 0. The molecule has 0 spiro atoms. The van der Waals surface area contributed by atoms with Gasteiger partial charge in [-0.3, -0.25) is 0 Å². The van der Waals surface area contributed by atoms with Crippen LogP contribution in [0.5, 0.6) is 23.0 Å². The van der Waals surface area contributed by atoms with Crippen molar-refractivity contribution in [3.8, 4) is 23.0 Å². The van der Waals surface area contributed by atoms with Gasteiger partial charge in [0.05, 0.1) is 0 Å². The van der Waals surface area contributed by atoms with Gasteiger partial charge in [-0.05, 0) is 29.8 Å². The molecule has 3 rings (SSSR count). The van der Waals surface area contributed by atoms with E-state index in [1.54, 1.807) is 18.2 Å². The molecule has 3 N–H and O–H groups in total. The Hall–Kier alpha value is -2.44. The van der Waals surface area contributed by atoms with E-state index in [0.29, 0.717) is 18.8 Å². The van der Waals surface area contributed by atoms with Gasteiger partial charge in [0.15, 0.2) is 11.5 Å². The van der Waals surface area contributed by atoms with E-state index >= 15 is 0 Å². The monoisotopic (exact) mass is 317 g/mol. The minimum absolute atomic E-state index is 0.137. The molecular formula is C17H19NO5. The van der Waals surface area contributed by atoms with Crippen LogP contribution in [-0.2, 0) is 6.54 Å². The lowest BCUT2D eigenvalue weighted by molar-refractivity contribution is 0.106. The molecule has 1 aliphatic rings. The van der Waals surface area contributed by atoms with Crippen LogP contribution in [0.1, 0.15) is 5.56 Å². The van der Waals surface area contributed by atoms with Gasteiger partial charge in [-0.25, -0.2) is 0 Å². The Kier molecular flexibility index (Phi) is 4.85. The van der Waals surface area contributed by atoms with Crippen molar-refractivity contribution >= 4 is 0 Å². The summed E-state index contributed by atoms with van der Waals surface area (Å²) in [5.74, 6) is 2.17. The zero-order valence-corrected chi connectivity index (χ0v) is 12.6. The second-order valence-corrected chi connectivity index (χ2v) is 5.28. The maximum Gasteiger partial charge on any atom is 0.231 e. The Morgan fingerprint density at radius 3 is 2.87 bits per heavy atom. The van der Waals surface area contributed by atoms with Crippen molar-refractivity contribution in [1.29, 1.82) is 0 Å². The van der Waals surface area contributed by atoms with Crippen LogP contribution < -0.4 is 19.5 Å². The predicted molar refractivity (Wildman–Crippen MR) is 83.9 cm³/mol. The lowest BCUT2D eigenvalue weighted by Crippen LogP contribution is -2.31. The van der Waals surface area contributed by atoms with E-state index in [4.69, 9.17) is 14.2 Å². The van der Waals surface area contributed by atoms with Gasteiger partial charge in [-0.2, -0.15) is 0 Å². The van der Waals surface area contributed by atoms with Gasteiger partial charge in [0.2, 0.25) is 6.79 Å². The number of phenols is 1. The number of benzene rings is 2. The van der Waals surface area contributed by atoms with Gasteiger partial charge in [0, 0.05) is 19.2 Å². The van der Waals surface area contributed by atoms with Crippen LogP contribution in [0.15, 0.2) is 42.5 Å². The number of ether oxygens (including phenoxy) is 3. The number of hydrogen-bond donors (Lipinski definition) is 3. The zero-order valence-electron chi connectivity index (χ0n) is 12.6. The Balaban J connectivity index is 1.40. The molecule has 2 aromatic carbocycles. The van der Waals surface area contributed by atoms with Crippen molar-refractivity contribution in [1.82, 2.24) is 5.32 Å². The minimum Gasteiger partial charge on any atom is -0.508 e. The van der Waals surface area contributed by atoms with Crippen LogP contribution in [0.2, 0.25) is 0 Å². The van der Waals surface area contributed by atoms with Gasteiger partial charge in [0.1, 0.15) is 24.2 Å². The highest BCUT2D eigenvalue weighted by Gasteiger charge is 2.13. The standard InChI is InChI=1S/C17H19NO5/c19-13-2-1-3-15(7-13)21-10-14(20)9-18-8-12-4-5-16-17(6-12)23-11-22-16/h1-7,14,18-20H,8-11H2. The number of fused-ring (bicyclic) bond motifs is 1. The SMILES string of the molecule is Oc1cccc(OCC(O)CNCc2ccc3c(c2)OCO3)c1. The van der Waals surface area contributed by atoms with E-state index in [9.17, 15) is 10.2 Å². The van der Waals surface area contributed by atoms with E-state index in [1.165, 1.54) is 6.07 Å². The summed E-state index contributed by atoms with van der Waals surface area (Å²) < 4.78 is 16.0. The van der Waals surface area contributed by atoms with Gasteiger partial charge in [-0.1, -0.05) is 12.1 Å². The van der Waals surface area contributed by atoms with Crippen LogP contribution in [0, 0.1) is 0 Å². The Morgan fingerprint density at radius 1 is 1.13 bits per heavy atom. The van der Waals surface area contributed by atoms with Crippen molar-refractivity contribution in [3.05, 3.63) is 48.0 Å². The summed E-state index contributed by atoms with van der Waals surface area (Å²) in [6.07, 6.45) is -0.647. The van der Waals surface area contributed by atoms with Crippen molar-refractivity contribution < 1.29 is 24.4 Å². The molecule has 0 radical (unpaired) electrons. The molecule has 1 aliphatic heterocycles. The molecule has 0 saturated heterocycles. The van der Waals surface area contributed by atoms with Crippen molar-refractivity contribution in [2.75, 3.05) is 19.9 Å². The lowest BCUT2D eigenvalue weighted by Gasteiger charge is -2.13. The first-order valence-corrected chi connectivity index (χ1v) is 7.40. The summed E-state index contributed by atoms with van der Waals surface area (Å²) in [6.45, 7) is 1.42. The highest BCUT2D eigenvalue weighted by molar-refractivity contribution is 5.44. The maximum atomic E-state index is 9.92. The third-order valence-corrected chi connectivity index (χ3v) is 3.41. The molecule has 0 amide bonds. The number of aromatic hydroxyl groups is 1. The Morgan fingerprint density at radius 2 is 2.00 bits per heavy atom. The van der Waals surface area contributed by atoms with E-state index in [2.05, 4.69) is 5.32 Å². The first-order valence-electron chi connectivity index (χ1n) is 7.40. The zero-order chi connectivity index (χ0) is 16.1. The van der Waals surface area contributed by atoms with Crippen LogP contribution in [-0.4, -0.2) is 36.3 Å². The van der Waals surface area contributed by atoms with E-state index in [0.717, 1.165) is 17.1 Å². The molecule has 1 atom stereocenters. The average molecular weight is 317 g/mol. The molecule has 0 bridgehead atoms. The molecule has 0 aliphatic carbocycles. The molecule has 1 heterocycles. The first kappa shape index (κ1) is 15.5. The van der Waals surface area contributed by atoms with Crippen LogP contribution in [0.25, 0.3) is 0 Å². The van der Waals surface area contributed by atoms with Gasteiger partial charge in [0.25, 0.3) is 0 Å². The van der Waals surface area contributed by atoms with E-state index in [1.807, 2.05) is 18.2 Å². The van der Waals surface area contributed by atoms with Crippen LogP contribution in [0.3, 0.4) is 0 Å². The van der Waals surface area contributed by atoms with Crippen molar-refractivity contribution in [2.45, 2.75) is 12.6 Å². The smallest absolute Gasteiger partial charge is 0.231 e. The molecule has 0 fully saturated rings. The third kappa shape index (κ3) is 4.28. The summed E-state index contributed by atoms with van der Waals surface area (Å²) in [6, 6.07) is 12.2. The molecule has 0 aromatic heterocycles. The minimum atomic E-state index is -0.647. The summed E-state index contributed by atoms with van der Waals surface area (Å²) in [5.41, 5.74) is 1.05. The number of phenolic OH excluding ortho intramolecular Hbond substituents is 1. The van der Waals surface area contributed by atoms with Gasteiger partial charge >= 0.3 is 0 Å². The van der Waals surface area contributed by atoms with Gasteiger partial charge < -0.3 is 29.7 Å². The number of aliphatic hydroxyl groups is 1. The molecule has 2 aromatic rings. The lowest BCUT2D eigenvalue weighted by atomic mass is 10.2. The van der Waals surface area contributed by atoms with E-state index in [-0.39, 0.29) is 19.1 Å². The van der Waals surface area contributed by atoms with Crippen LogP contribution >= 0.6 is 0 Å². The summed E-state index contributed by atoms with van der Waals surface area (Å²) in [5, 5.41) is 22.4. The Labute approximate surface area is 134 Å². The number of hydrogen-bond acceptors (Lipinski definition) is 6. The molecular weight excluding hydrogens is 298 g/mol. The topological polar surface area (TPSA) is 80.2 Å². The third-order valence-electron chi connectivity index (χ3n) is 3.41. The van der Waals surface area contributed by atoms with Gasteiger partial charge in [-0.15, -0.1) is 0 Å². The highest BCUT2D eigenvalue weighted by Crippen LogP contribution is 2.32. The number of rotatable bonds is 7. The molecule has 6 heteroatoms. The Bertz CT molecular complexity index is 661. The van der Waals surface area contributed by atoms with E-state index < -0.39 is 6.10 Å². The first-order chi connectivity index (χ1) is 11.2. The fourth-order valence-electron chi connectivity index (χ4n) is 2.26. The van der Waals surface area contributed by atoms with Crippen LogP contribution in [0.4, 0.5) is 0 Å². The van der Waals surface area contributed by atoms with Crippen molar-refractivity contribution in [3.63, 3.8) is 0 Å². The molecule has 6 nitrogen and oxygen atoms in total. The second kappa shape index (κ2) is 7.21. The molecule has 1 unspecified atom stereocenters. The largest absolute Gasteiger partial charge is 0.508 e. The van der Waals surface area contributed by atoms with Crippen molar-refractivity contribution in [2.24, 2.45) is 0 Å². The molecule has 122 valence electrons. The average Bonchev–Trinajstić information content (AvgIpc) is 3.01. The number of nitrogens with one attached hydrogen (secondary N) is 1. The predicted octanol–water partition coefficient (Wildman–Crippen LogP) is 1.65. The number of aliphatic hydroxyl groups excluding tert-OH is 1.